The fourth-order valence-corrected chi connectivity index (χ4v) is 3.50. The Bertz CT molecular complexity index is 593. The Balaban J connectivity index is 2.00. The molecule has 0 fully saturated rings. The number of Topliss-reactive ketones (excluding diaryl/α,β-unsaturated/α-hetero) is 1. The monoisotopic (exact) mass is 277 g/mol. The molecular formula is C14H12ClNOS. The van der Waals surface area contributed by atoms with Crippen LogP contribution >= 0.6 is 22.9 Å². The highest BCUT2D eigenvalue weighted by atomic mass is 35.5. The molecule has 3 rings (SSSR count). The molecule has 1 aromatic heterocycles. The van der Waals surface area contributed by atoms with Gasteiger partial charge in [0.1, 0.15) is 0 Å². The maximum absolute atomic E-state index is 12.5. The van der Waals surface area contributed by atoms with Crippen LogP contribution in [0.2, 0.25) is 5.02 Å². The van der Waals surface area contributed by atoms with Crippen LogP contribution in [0.1, 0.15) is 26.7 Å². The van der Waals surface area contributed by atoms with E-state index in [0.717, 1.165) is 12.1 Å². The topological polar surface area (TPSA) is 29.1 Å². The van der Waals surface area contributed by atoms with Crippen molar-refractivity contribution in [2.24, 2.45) is 0 Å². The van der Waals surface area contributed by atoms with Crippen LogP contribution in [0.3, 0.4) is 0 Å². The van der Waals surface area contributed by atoms with Crippen LogP contribution in [0.15, 0.2) is 35.7 Å². The van der Waals surface area contributed by atoms with E-state index >= 15 is 0 Å². The summed E-state index contributed by atoms with van der Waals surface area (Å²) < 4.78 is 0. The van der Waals surface area contributed by atoms with Gasteiger partial charge in [-0.15, -0.1) is 11.3 Å². The summed E-state index contributed by atoms with van der Waals surface area (Å²) in [6, 6.07) is 9.88. The van der Waals surface area contributed by atoms with Gasteiger partial charge in [-0.05, 0) is 22.6 Å². The van der Waals surface area contributed by atoms with Crippen molar-refractivity contribution < 1.29 is 4.79 Å². The van der Waals surface area contributed by atoms with E-state index < -0.39 is 0 Å². The van der Waals surface area contributed by atoms with Crippen LogP contribution in [0.5, 0.6) is 0 Å². The smallest absolute Gasteiger partial charge is 0.183 e. The summed E-state index contributed by atoms with van der Waals surface area (Å²) in [5, 5.41) is 5.72. The summed E-state index contributed by atoms with van der Waals surface area (Å²) in [5.41, 5.74) is 2.33. The van der Waals surface area contributed by atoms with Gasteiger partial charge in [0.15, 0.2) is 5.78 Å². The van der Waals surface area contributed by atoms with Crippen molar-refractivity contribution in [1.29, 1.82) is 0 Å². The fraction of sp³-hybridized carbons (Fsp3) is 0.214. The van der Waals surface area contributed by atoms with Crippen molar-refractivity contribution in [2.75, 3.05) is 6.54 Å². The van der Waals surface area contributed by atoms with Gasteiger partial charge in [-0.25, -0.2) is 0 Å². The zero-order valence-corrected chi connectivity index (χ0v) is 11.2. The molecule has 2 aromatic rings. The van der Waals surface area contributed by atoms with Gasteiger partial charge in [-0.1, -0.05) is 35.9 Å². The van der Waals surface area contributed by atoms with Gasteiger partial charge in [0.25, 0.3) is 0 Å². The number of benzene rings is 1. The van der Waals surface area contributed by atoms with Gasteiger partial charge in [0.2, 0.25) is 0 Å². The normalized spacial score (nSPS) is 18.4. The second-order valence-corrected chi connectivity index (χ2v) is 5.67. The minimum atomic E-state index is -0.119. The molecule has 1 unspecified atom stereocenters. The number of hydrogen-bond donors (Lipinski definition) is 1. The maximum atomic E-state index is 12.5. The first-order valence-corrected chi connectivity index (χ1v) is 7.09. The van der Waals surface area contributed by atoms with Crippen LogP contribution in [0.4, 0.5) is 0 Å². The van der Waals surface area contributed by atoms with E-state index in [1.165, 1.54) is 16.9 Å². The highest BCUT2D eigenvalue weighted by Crippen LogP contribution is 2.31. The van der Waals surface area contributed by atoms with Crippen molar-refractivity contribution in [2.45, 2.75) is 12.5 Å². The molecule has 0 saturated carbocycles. The van der Waals surface area contributed by atoms with E-state index in [4.69, 9.17) is 11.6 Å². The van der Waals surface area contributed by atoms with E-state index in [0.29, 0.717) is 16.4 Å². The molecule has 0 saturated heterocycles. The first-order chi connectivity index (χ1) is 8.77. The Kier molecular flexibility index (Phi) is 3.20. The Labute approximate surface area is 115 Å². The van der Waals surface area contributed by atoms with Crippen LogP contribution in [0, 0.1) is 0 Å². The molecule has 92 valence electrons. The molecule has 0 bridgehead atoms. The number of hydrogen-bond acceptors (Lipinski definition) is 3. The van der Waals surface area contributed by atoms with Crippen LogP contribution in [-0.4, -0.2) is 12.3 Å². The molecule has 1 aliphatic heterocycles. The Morgan fingerprint density at radius 2 is 2.17 bits per heavy atom. The number of carbonyl (C=O) groups is 1. The van der Waals surface area contributed by atoms with Crippen LogP contribution < -0.4 is 5.32 Å². The van der Waals surface area contributed by atoms with Gasteiger partial charge in [0.05, 0.1) is 15.8 Å². The van der Waals surface area contributed by atoms with Crippen LogP contribution in [-0.2, 0) is 6.54 Å². The highest BCUT2D eigenvalue weighted by Gasteiger charge is 2.28. The maximum Gasteiger partial charge on any atom is 0.183 e. The van der Waals surface area contributed by atoms with Crippen molar-refractivity contribution >= 4 is 28.7 Å². The predicted molar refractivity (Wildman–Crippen MR) is 74.5 cm³/mol. The molecule has 1 aromatic carbocycles. The average molecular weight is 278 g/mol. The third-order valence-electron chi connectivity index (χ3n) is 3.25. The summed E-state index contributed by atoms with van der Waals surface area (Å²) in [5.74, 6) is 0.000694. The zero-order valence-electron chi connectivity index (χ0n) is 9.65. The molecule has 1 atom stereocenters. The minimum Gasteiger partial charge on any atom is -0.312 e. The molecular weight excluding hydrogens is 266 g/mol. The lowest BCUT2D eigenvalue weighted by Gasteiger charge is -2.25. The first-order valence-electron chi connectivity index (χ1n) is 5.83. The highest BCUT2D eigenvalue weighted by molar-refractivity contribution is 7.12. The van der Waals surface area contributed by atoms with Gasteiger partial charge >= 0.3 is 0 Å². The largest absolute Gasteiger partial charge is 0.312 e. The van der Waals surface area contributed by atoms with E-state index in [1.54, 1.807) is 6.07 Å². The van der Waals surface area contributed by atoms with Crippen molar-refractivity contribution in [3.63, 3.8) is 0 Å². The molecule has 0 radical (unpaired) electrons. The fourth-order valence-electron chi connectivity index (χ4n) is 2.36. The minimum absolute atomic E-state index is 0.119. The molecule has 4 heteroatoms. The van der Waals surface area contributed by atoms with Crippen LogP contribution in [0.25, 0.3) is 0 Å². The third-order valence-corrected chi connectivity index (χ3v) is 4.61. The third kappa shape index (κ3) is 1.99. The van der Waals surface area contributed by atoms with Crippen molar-refractivity contribution in [1.82, 2.24) is 5.32 Å². The molecule has 1 N–H and O–H groups in total. The number of nitrogens with one attached hydrogen (secondary N) is 1. The van der Waals surface area contributed by atoms with Gasteiger partial charge < -0.3 is 5.32 Å². The SMILES string of the molecule is O=C(c1sccc1Cl)C1CNCc2ccccc21. The van der Waals surface area contributed by atoms with Crippen molar-refractivity contribution in [3.05, 3.63) is 56.7 Å². The average Bonchev–Trinajstić information content (AvgIpc) is 2.83. The lowest BCUT2D eigenvalue weighted by molar-refractivity contribution is 0.0959. The lowest BCUT2D eigenvalue weighted by Crippen LogP contribution is -2.32. The van der Waals surface area contributed by atoms with Crippen molar-refractivity contribution in [3.8, 4) is 0 Å². The quantitative estimate of drug-likeness (QED) is 0.852. The number of carbonyl (C=O) groups excluding carboxylic acids is 1. The first kappa shape index (κ1) is 11.9. The molecule has 0 aliphatic carbocycles. The summed E-state index contributed by atoms with van der Waals surface area (Å²) in [7, 11) is 0. The molecule has 0 amide bonds. The standard InChI is InChI=1S/C14H12ClNOS/c15-12-5-6-18-14(12)13(17)11-8-16-7-9-3-1-2-4-10(9)11/h1-6,11,16H,7-8H2. The molecule has 2 nitrogen and oxygen atoms in total. The Morgan fingerprint density at radius 3 is 2.94 bits per heavy atom. The number of rotatable bonds is 2. The Morgan fingerprint density at radius 1 is 1.33 bits per heavy atom. The van der Waals surface area contributed by atoms with Gasteiger partial charge in [0, 0.05) is 13.1 Å². The summed E-state index contributed by atoms with van der Waals surface area (Å²) >= 11 is 7.47. The summed E-state index contributed by atoms with van der Waals surface area (Å²) in [4.78, 5) is 13.2. The predicted octanol–water partition coefficient (Wildman–Crippen LogP) is 3.47. The Hall–Kier alpha value is -1.16. The number of fused-ring (bicyclic) bond motifs is 1. The second-order valence-electron chi connectivity index (χ2n) is 4.34. The van der Waals surface area contributed by atoms with E-state index in [9.17, 15) is 4.79 Å². The van der Waals surface area contributed by atoms with Gasteiger partial charge in [-0.3, -0.25) is 4.79 Å². The van der Waals surface area contributed by atoms with E-state index in [-0.39, 0.29) is 11.7 Å². The molecule has 0 spiro atoms. The van der Waals surface area contributed by atoms with Gasteiger partial charge in [-0.2, -0.15) is 0 Å². The molecule has 18 heavy (non-hydrogen) atoms. The number of halogens is 1. The molecule has 1 aliphatic rings. The molecule has 2 heterocycles. The number of ketones is 1. The lowest BCUT2D eigenvalue weighted by atomic mass is 9.87. The van der Waals surface area contributed by atoms with E-state index in [1.807, 2.05) is 23.6 Å². The number of thiophene rings is 1. The zero-order chi connectivity index (χ0) is 12.5. The van der Waals surface area contributed by atoms with E-state index in [2.05, 4.69) is 11.4 Å². The summed E-state index contributed by atoms with van der Waals surface area (Å²) in [6.07, 6.45) is 0. The summed E-state index contributed by atoms with van der Waals surface area (Å²) in [6.45, 7) is 1.52. The second kappa shape index (κ2) is 4.84.